The maximum atomic E-state index is 12.9. The molecule has 1 unspecified atom stereocenters. The van der Waals surface area contributed by atoms with Crippen molar-refractivity contribution in [3.8, 4) is 0 Å². The van der Waals surface area contributed by atoms with Crippen LogP contribution in [0.5, 0.6) is 0 Å². The van der Waals surface area contributed by atoms with Crippen molar-refractivity contribution < 1.29 is 28.6 Å². The molecule has 0 spiro atoms. The maximum Gasteiger partial charge on any atom is 0.306 e. The molecule has 0 saturated heterocycles. The number of unbranched alkanes of at least 4 members (excludes halogenated alkanes) is 45. The van der Waals surface area contributed by atoms with Crippen LogP contribution >= 0.6 is 0 Å². The Balaban J connectivity index is 4.01. The van der Waals surface area contributed by atoms with Crippen LogP contribution in [0.25, 0.3) is 0 Å². The van der Waals surface area contributed by atoms with Crippen LogP contribution in [0.3, 0.4) is 0 Å². The molecule has 0 amide bonds. The SMILES string of the molecule is CC/C=C\C/C=C\C/C=C\C/C=C\CCCCCCCCC(=O)OC(COC(=O)CCCCCCCCCC)COC(=O)CCCCCCCCCCCCCCCCCCCCCCCCCCCCCCCCCCC. The Hall–Kier alpha value is -2.63. The molecular formula is C72H132O6. The third-order valence-electron chi connectivity index (χ3n) is 15.6. The summed E-state index contributed by atoms with van der Waals surface area (Å²) in [5, 5.41) is 0. The van der Waals surface area contributed by atoms with Gasteiger partial charge in [-0.3, -0.25) is 14.4 Å². The van der Waals surface area contributed by atoms with Crippen LogP contribution in [0.1, 0.15) is 374 Å². The first-order valence-corrected chi connectivity index (χ1v) is 34.6. The minimum absolute atomic E-state index is 0.0749. The lowest BCUT2D eigenvalue weighted by molar-refractivity contribution is -0.167. The molecule has 0 aromatic heterocycles. The normalized spacial score (nSPS) is 12.3. The summed E-state index contributed by atoms with van der Waals surface area (Å²) in [4.78, 5) is 38.2. The van der Waals surface area contributed by atoms with Crippen molar-refractivity contribution in [2.45, 2.75) is 380 Å². The van der Waals surface area contributed by atoms with E-state index in [0.29, 0.717) is 19.3 Å². The maximum absolute atomic E-state index is 12.9. The van der Waals surface area contributed by atoms with Gasteiger partial charge in [0, 0.05) is 19.3 Å². The molecule has 0 saturated carbocycles. The van der Waals surface area contributed by atoms with Gasteiger partial charge in [-0.2, -0.15) is 0 Å². The first kappa shape index (κ1) is 75.4. The predicted molar refractivity (Wildman–Crippen MR) is 339 cm³/mol. The minimum Gasteiger partial charge on any atom is -0.462 e. The molecule has 0 aliphatic rings. The van der Waals surface area contributed by atoms with Crippen LogP contribution in [-0.4, -0.2) is 37.2 Å². The van der Waals surface area contributed by atoms with Crippen LogP contribution in [0.4, 0.5) is 0 Å². The molecule has 78 heavy (non-hydrogen) atoms. The molecule has 0 rings (SSSR count). The number of allylic oxidation sites excluding steroid dienone is 8. The lowest BCUT2D eigenvalue weighted by Crippen LogP contribution is -2.30. The zero-order chi connectivity index (χ0) is 56.4. The fourth-order valence-corrected chi connectivity index (χ4v) is 10.4. The number of hydrogen-bond acceptors (Lipinski definition) is 6. The number of carbonyl (C=O) groups excluding carboxylic acids is 3. The number of rotatable bonds is 64. The molecule has 0 fully saturated rings. The summed E-state index contributed by atoms with van der Waals surface area (Å²) in [6.45, 7) is 6.54. The second kappa shape index (κ2) is 66.9. The van der Waals surface area contributed by atoms with Gasteiger partial charge < -0.3 is 14.2 Å². The van der Waals surface area contributed by atoms with Crippen molar-refractivity contribution in [1.29, 1.82) is 0 Å². The summed E-state index contributed by atoms with van der Waals surface area (Å²) in [6, 6.07) is 0. The highest BCUT2D eigenvalue weighted by atomic mass is 16.6. The van der Waals surface area contributed by atoms with Crippen molar-refractivity contribution in [3.63, 3.8) is 0 Å². The molecule has 0 aromatic carbocycles. The number of carbonyl (C=O) groups is 3. The van der Waals surface area contributed by atoms with Crippen LogP contribution in [0.15, 0.2) is 48.6 Å². The van der Waals surface area contributed by atoms with Crippen LogP contribution < -0.4 is 0 Å². The molecule has 6 heteroatoms. The van der Waals surface area contributed by atoms with E-state index in [4.69, 9.17) is 14.2 Å². The van der Waals surface area contributed by atoms with Gasteiger partial charge in [-0.15, -0.1) is 0 Å². The molecule has 6 nitrogen and oxygen atoms in total. The second-order valence-electron chi connectivity index (χ2n) is 23.4. The highest BCUT2D eigenvalue weighted by molar-refractivity contribution is 5.71. The number of esters is 3. The first-order valence-electron chi connectivity index (χ1n) is 34.6. The van der Waals surface area contributed by atoms with E-state index >= 15 is 0 Å². The Bertz CT molecular complexity index is 1350. The third-order valence-corrected chi connectivity index (χ3v) is 15.6. The summed E-state index contributed by atoms with van der Waals surface area (Å²) in [5.74, 6) is -0.873. The Morgan fingerprint density at radius 3 is 0.782 bits per heavy atom. The van der Waals surface area contributed by atoms with Gasteiger partial charge in [-0.05, 0) is 57.8 Å². The van der Waals surface area contributed by atoms with E-state index in [0.717, 1.165) is 96.3 Å². The van der Waals surface area contributed by atoms with Gasteiger partial charge in [-0.1, -0.05) is 345 Å². The number of hydrogen-bond donors (Lipinski definition) is 0. The van der Waals surface area contributed by atoms with E-state index in [1.807, 2.05) is 0 Å². The van der Waals surface area contributed by atoms with Gasteiger partial charge in [0.2, 0.25) is 0 Å². The Morgan fingerprint density at radius 1 is 0.269 bits per heavy atom. The summed E-state index contributed by atoms with van der Waals surface area (Å²) in [7, 11) is 0. The molecule has 456 valence electrons. The van der Waals surface area contributed by atoms with Gasteiger partial charge in [-0.25, -0.2) is 0 Å². The van der Waals surface area contributed by atoms with Crippen LogP contribution in [0, 0.1) is 0 Å². The monoisotopic (exact) mass is 1090 g/mol. The zero-order valence-electron chi connectivity index (χ0n) is 52.5. The van der Waals surface area contributed by atoms with Crippen molar-refractivity contribution in [3.05, 3.63) is 48.6 Å². The Kier molecular flexibility index (Phi) is 64.6. The summed E-state index contributed by atoms with van der Waals surface area (Å²) < 4.78 is 16.9. The van der Waals surface area contributed by atoms with E-state index in [9.17, 15) is 14.4 Å². The molecule has 0 bridgehead atoms. The van der Waals surface area contributed by atoms with Crippen molar-refractivity contribution >= 4 is 17.9 Å². The fourth-order valence-electron chi connectivity index (χ4n) is 10.4. The summed E-state index contributed by atoms with van der Waals surface area (Å²) in [6.07, 6.45) is 84.6. The van der Waals surface area contributed by atoms with Crippen molar-refractivity contribution in [2.75, 3.05) is 13.2 Å². The molecule has 0 aliphatic heterocycles. The first-order chi connectivity index (χ1) is 38.5. The largest absolute Gasteiger partial charge is 0.462 e. The van der Waals surface area contributed by atoms with E-state index in [2.05, 4.69) is 69.4 Å². The quantitative estimate of drug-likeness (QED) is 0.0261. The Labute approximate surface area is 486 Å². The van der Waals surface area contributed by atoms with Crippen LogP contribution in [0.2, 0.25) is 0 Å². The van der Waals surface area contributed by atoms with Gasteiger partial charge in [0.05, 0.1) is 0 Å². The van der Waals surface area contributed by atoms with Gasteiger partial charge in [0.1, 0.15) is 13.2 Å². The van der Waals surface area contributed by atoms with Crippen LogP contribution in [-0.2, 0) is 28.6 Å². The zero-order valence-corrected chi connectivity index (χ0v) is 52.5. The predicted octanol–water partition coefficient (Wildman–Crippen LogP) is 23.7. The third kappa shape index (κ3) is 64.2. The van der Waals surface area contributed by atoms with E-state index in [-0.39, 0.29) is 31.1 Å². The summed E-state index contributed by atoms with van der Waals surface area (Å²) >= 11 is 0. The van der Waals surface area contributed by atoms with E-state index in [1.54, 1.807) is 0 Å². The molecule has 0 aliphatic carbocycles. The minimum atomic E-state index is -0.777. The highest BCUT2D eigenvalue weighted by Crippen LogP contribution is 2.19. The highest BCUT2D eigenvalue weighted by Gasteiger charge is 2.19. The molecule has 0 heterocycles. The van der Waals surface area contributed by atoms with Gasteiger partial charge in [0.25, 0.3) is 0 Å². The average molecular weight is 1090 g/mol. The van der Waals surface area contributed by atoms with Crippen molar-refractivity contribution in [1.82, 2.24) is 0 Å². The topological polar surface area (TPSA) is 78.9 Å². The summed E-state index contributed by atoms with van der Waals surface area (Å²) in [5.41, 5.74) is 0. The average Bonchev–Trinajstić information content (AvgIpc) is 3.44. The Morgan fingerprint density at radius 2 is 0.500 bits per heavy atom. The standard InChI is InChI=1S/C72H132O6/c1-4-7-10-13-16-19-21-23-25-27-29-30-31-32-33-34-35-36-37-38-39-40-41-42-44-45-47-49-51-53-56-59-62-65-71(74)77-68-69(67-76-70(73)64-61-58-55-18-15-12-9-6-3)78-72(75)66-63-60-57-54-52-50-48-46-43-28-26-24-22-20-17-14-11-8-5-2/h8,11,17,20,24,26,43,46,69H,4-7,9-10,12-16,18-19,21-23,25,27-42,44-45,47-68H2,1-3H3/b11-8-,20-17-,26-24-,46-43-. The van der Waals surface area contributed by atoms with Gasteiger partial charge in [0.15, 0.2) is 6.10 Å². The fraction of sp³-hybridized carbons (Fsp3) is 0.847. The lowest BCUT2D eigenvalue weighted by Gasteiger charge is -2.18. The van der Waals surface area contributed by atoms with E-state index < -0.39 is 6.10 Å². The molecular weight excluding hydrogens is 961 g/mol. The van der Waals surface area contributed by atoms with Gasteiger partial charge >= 0.3 is 17.9 Å². The van der Waals surface area contributed by atoms with Crippen molar-refractivity contribution in [2.24, 2.45) is 0 Å². The molecule has 1 atom stereocenters. The molecule has 0 aromatic rings. The smallest absolute Gasteiger partial charge is 0.306 e. The second-order valence-corrected chi connectivity index (χ2v) is 23.4. The lowest BCUT2D eigenvalue weighted by atomic mass is 10.0. The molecule has 0 radical (unpaired) electrons. The molecule has 0 N–H and O–H groups in total. The van der Waals surface area contributed by atoms with E-state index in [1.165, 1.54) is 238 Å². The number of ether oxygens (including phenoxy) is 3.